The summed E-state index contributed by atoms with van der Waals surface area (Å²) in [6.45, 7) is 3.39. The standard InChI is InChI=1S/C18H18N2O/c21-18(20-11-9-19-10-12-20)17-15-7-3-1-5-13(15)14-6-2-4-8-16(14)17/h1-8,17,19H,9-12H2. The molecule has 2 aromatic carbocycles. The summed E-state index contributed by atoms with van der Waals surface area (Å²) in [6.07, 6.45) is 0. The second-order valence-corrected chi connectivity index (χ2v) is 5.68. The minimum absolute atomic E-state index is 0.129. The highest BCUT2D eigenvalue weighted by atomic mass is 16.2. The fourth-order valence-corrected chi connectivity index (χ4v) is 3.49. The molecule has 3 heteroatoms. The Kier molecular flexibility index (Phi) is 3.00. The van der Waals surface area contributed by atoms with Crippen molar-refractivity contribution in [1.82, 2.24) is 10.2 Å². The summed E-state index contributed by atoms with van der Waals surface area (Å²) in [7, 11) is 0. The number of hydrogen-bond acceptors (Lipinski definition) is 2. The van der Waals surface area contributed by atoms with Gasteiger partial charge in [0.05, 0.1) is 5.92 Å². The Labute approximate surface area is 124 Å². The predicted molar refractivity (Wildman–Crippen MR) is 83.2 cm³/mol. The molecule has 0 radical (unpaired) electrons. The van der Waals surface area contributed by atoms with E-state index >= 15 is 0 Å². The molecule has 1 amide bonds. The average molecular weight is 278 g/mol. The first-order valence-corrected chi connectivity index (χ1v) is 7.54. The van der Waals surface area contributed by atoms with Crippen LogP contribution in [0.4, 0.5) is 0 Å². The first-order valence-electron chi connectivity index (χ1n) is 7.54. The molecule has 21 heavy (non-hydrogen) atoms. The van der Waals surface area contributed by atoms with Gasteiger partial charge in [-0.05, 0) is 22.3 Å². The van der Waals surface area contributed by atoms with Crippen LogP contribution in [0.1, 0.15) is 17.0 Å². The van der Waals surface area contributed by atoms with Gasteiger partial charge < -0.3 is 10.2 Å². The number of carbonyl (C=O) groups is 1. The van der Waals surface area contributed by atoms with Gasteiger partial charge in [0.2, 0.25) is 5.91 Å². The molecule has 1 N–H and O–H groups in total. The van der Waals surface area contributed by atoms with Crippen molar-refractivity contribution < 1.29 is 4.79 Å². The highest BCUT2D eigenvalue weighted by molar-refractivity contribution is 5.96. The number of rotatable bonds is 1. The Morgan fingerprint density at radius 1 is 0.905 bits per heavy atom. The van der Waals surface area contributed by atoms with Crippen molar-refractivity contribution in [3.63, 3.8) is 0 Å². The first kappa shape index (κ1) is 12.6. The van der Waals surface area contributed by atoms with Crippen molar-refractivity contribution >= 4 is 5.91 Å². The lowest BCUT2D eigenvalue weighted by Gasteiger charge is -2.30. The molecule has 3 nitrogen and oxygen atoms in total. The second-order valence-electron chi connectivity index (χ2n) is 5.68. The number of piperazine rings is 1. The molecule has 0 saturated carbocycles. The van der Waals surface area contributed by atoms with Crippen molar-refractivity contribution in [2.45, 2.75) is 5.92 Å². The third-order valence-corrected chi connectivity index (χ3v) is 4.51. The van der Waals surface area contributed by atoms with E-state index in [1.165, 1.54) is 11.1 Å². The largest absolute Gasteiger partial charge is 0.339 e. The van der Waals surface area contributed by atoms with Crippen molar-refractivity contribution in [2.75, 3.05) is 26.2 Å². The highest BCUT2D eigenvalue weighted by Gasteiger charge is 2.35. The van der Waals surface area contributed by atoms with Crippen LogP contribution in [0, 0.1) is 0 Å². The normalized spacial score (nSPS) is 17.4. The van der Waals surface area contributed by atoms with Crippen LogP contribution < -0.4 is 5.32 Å². The molecule has 0 bridgehead atoms. The monoisotopic (exact) mass is 278 g/mol. The van der Waals surface area contributed by atoms with Crippen LogP contribution in [0.3, 0.4) is 0 Å². The van der Waals surface area contributed by atoms with Gasteiger partial charge in [-0.1, -0.05) is 48.5 Å². The molecule has 0 aromatic heterocycles. The van der Waals surface area contributed by atoms with Crippen LogP contribution in [0.2, 0.25) is 0 Å². The van der Waals surface area contributed by atoms with Gasteiger partial charge in [-0.3, -0.25) is 4.79 Å². The summed E-state index contributed by atoms with van der Waals surface area (Å²) in [5.41, 5.74) is 4.73. The molecule has 2 aliphatic rings. The molecular formula is C18H18N2O. The van der Waals surface area contributed by atoms with Crippen LogP contribution >= 0.6 is 0 Å². The molecule has 1 saturated heterocycles. The van der Waals surface area contributed by atoms with E-state index < -0.39 is 0 Å². The maximum Gasteiger partial charge on any atom is 0.234 e. The predicted octanol–water partition coefficient (Wildman–Crippen LogP) is 2.23. The van der Waals surface area contributed by atoms with E-state index in [1.807, 2.05) is 29.2 Å². The molecule has 0 unspecified atom stereocenters. The summed E-state index contributed by atoms with van der Waals surface area (Å²) in [6, 6.07) is 16.6. The molecule has 2 aromatic rings. The third kappa shape index (κ3) is 1.96. The summed E-state index contributed by atoms with van der Waals surface area (Å²) >= 11 is 0. The van der Waals surface area contributed by atoms with E-state index in [4.69, 9.17) is 0 Å². The van der Waals surface area contributed by atoms with Crippen LogP contribution in [0.25, 0.3) is 11.1 Å². The van der Waals surface area contributed by atoms with Gasteiger partial charge in [0.1, 0.15) is 0 Å². The lowest BCUT2D eigenvalue weighted by atomic mass is 9.95. The van der Waals surface area contributed by atoms with E-state index in [0.29, 0.717) is 0 Å². The van der Waals surface area contributed by atoms with Gasteiger partial charge in [-0.25, -0.2) is 0 Å². The summed E-state index contributed by atoms with van der Waals surface area (Å²) in [5, 5.41) is 3.30. The summed E-state index contributed by atoms with van der Waals surface area (Å²) in [4.78, 5) is 15.0. The Hall–Kier alpha value is -2.13. The van der Waals surface area contributed by atoms with E-state index in [-0.39, 0.29) is 11.8 Å². The number of nitrogens with one attached hydrogen (secondary N) is 1. The second kappa shape index (κ2) is 5.01. The zero-order valence-electron chi connectivity index (χ0n) is 11.9. The maximum absolute atomic E-state index is 13.0. The number of nitrogens with zero attached hydrogens (tertiary/aromatic N) is 1. The van der Waals surface area contributed by atoms with Crippen LogP contribution in [-0.4, -0.2) is 37.0 Å². The van der Waals surface area contributed by atoms with Gasteiger partial charge in [0.25, 0.3) is 0 Å². The van der Waals surface area contributed by atoms with Crippen molar-refractivity contribution in [3.8, 4) is 11.1 Å². The van der Waals surface area contributed by atoms with E-state index in [0.717, 1.165) is 37.3 Å². The fourth-order valence-electron chi connectivity index (χ4n) is 3.49. The zero-order chi connectivity index (χ0) is 14.2. The Morgan fingerprint density at radius 3 is 2.00 bits per heavy atom. The van der Waals surface area contributed by atoms with E-state index in [1.54, 1.807) is 0 Å². The number of benzene rings is 2. The summed E-state index contributed by atoms with van der Waals surface area (Å²) in [5.74, 6) is 0.115. The topological polar surface area (TPSA) is 32.3 Å². The van der Waals surface area contributed by atoms with Crippen molar-refractivity contribution in [1.29, 1.82) is 0 Å². The summed E-state index contributed by atoms with van der Waals surface area (Å²) < 4.78 is 0. The zero-order valence-corrected chi connectivity index (χ0v) is 11.9. The van der Waals surface area contributed by atoms with Gasteiger partial charge >= 0.3 is 0 Å². The van der Waals surface area contributed by atoms with E-state index in [2.05, 4.69) is 29.6 Å². The molecule has 106 valence electrons. The van der Waals surface area contributed by atoms with Gasteiger partial charge in [-0.2, -0.15) is 0 Å². The molecule has 1 aliphatic carbocycles. The molecule has 0 atom stereocenters. The molecule has 0 spiro atoms. The van der Waals surface area contributed by atoms with Crippen molar-refractivity contribution in [2.24, 2.45) is 0 Å². The molecule has 4 rings (SSSR count). The minimum Gasteiger partial charge on any atom is -0.339 e. The minimum atomic E-state index is -0.129. The lowest BCUT2D eigenvalue weighted by molar-refractivity contribution is -0.132. The molecule has 1 fully saturated rings. The first-order chi connectivity index (χ1) is 10.4. The number of amides is 1. The van der Waals surface area contributed by atoms with Crippen LogP contribution in [-0.2, 0) is 4.79 Å². The Bertz CT molecular complexity index is 644. The Morgan fingerprint density at radius 2 is 1.43 bits per heavy atom. The average Bonchev–Trinajstić information content (AvgIpc) is 2.90. The van der Waals surface area contributed by atoms with Gasteiger partial charge in [0.15, 0.2) is 0 Å². The van der Waals surface area contributed by atoms with Crippen LogP contribution in [0.15, 0.2) is 48.5 Å². The fraction of sp³-hybridized carbons (Fsp3) is 0.278. The molecule has 1 heterocycles. The quantitative estimate of drug-likeness (QED) is 0.867. The maximum atomic E-state index is 13.0. The smallest absolute Gasteiger partial charge is 0.234 e. The number of fused-ring (bicyclic) bond motifs is 3. The van der Waals surface area contributed by atoms with Gasteiger partial charge in [-0.15, -0.1) is 0 Å². The highest BCUT2D eigenvalue weighted by Crippen LogP contribution is 2.45. The Balaban J connectivity index is 1.79. The van der Waals surface area contributed by atoms with Crippen molar-refractivity contribution in [3.05, 3.63) is 59.7 Å². The number of carbonyl (C=O) groups excluding carboxylic acids is 1. The lowest BCUT2D eigenvalue weighted by Crippen LogP contribution is -2.48. The molecular weight excluding hydrogens is 260 g/mol. The van der Waals surface area contributed by atoms with E-state index in [9.17, 15) is 4.79 Å². The number of hydrogen-bond donors (Lipinski definition) is 1. The van der Waals surface area contributed by atoms with Crippen LogP contribution in [0.5, 0.6) is 0 Å². The third-order valence-electron chi connectivity index (χ3n) is 4.51. The molecule has 1 aliphatic heterocycles. The van der Waals surface area contributed by atoms with Gasteiger partial charge in [0, 0.05) is 26.2 Å². The SMILES string of the molecule is O=C(C1c2ccccc2-c2ccccc21)N1CCNCC1.